The number of esters is 1. The van der Waals surface area contributed by atoms with E-state index in [4.69, 9.17) is 4.74 Å². The molecule has 0 N–H and O–H groups in total. The molecule has 25 heavy (non-hydrogen) atoms. The zero-order valence-corrected chi connectivity index (χ0v) is 13.9. The van der Waals surface area contributed by atoms with Gasteiger partial charge in [0.15, 0.2) is 6.10 Å². The van der Waals surface area contributed by atoms with Gasteiger partial charge in [0, 0.05) is 5.56 Å². The van der Waals surface area contributed by atoms with E-state index in [1.54, 1.807) is 54.3 Å². The predicted molar refractivity (Wildman–Crippen MR) is 91.7 cm³/mol. The number of ketones is 1. The highest BCUT2D eigenvalue weighted by Gasteiger charge is 2.20. The second-order valence-electron chi connectivity index (χ2n) is 5.66. The average Bonchev–Trinajstić information content (AvgIpc) is 3.16. The van der Waals surface area contributed by atoms with E-state index < -0.39 is 12.1 Å². The minimum Gasteiger partial charge on any atom is -0.451 e. The van der Waals surface area contributed by atoms with Crippen molar-refractivity contribution in [2.24, 2.45) is 0 Å². The maximum absolute atomic E-state index is 12.3. The van der Waals surface area contributed by atoms with Crippen LogP contribution in [0.5, 0.6) is 0 Å². The highest BCUT2D eigenvalue weighted by atomic mass is 16.5. The third-order valence-electron chi connectivity index (χ3n) is 3.78. The molecule has 6 heteroatoms. The van der Waals surface area contributed by atoms with Crippen LogP contribution in [-0.4, -0.2) is 32.6 Å². The van der Waals surface area contributed by atoms with E-state index in [0.717, 1.165) is 11.3 Å². The van der Waals surface area contributed by atoms with Crippen LogP contribution in [0.2, 0.25) is 0 Å². The quantitative estimate of drug-likeness (QED) is 0.529. The van der Waals surface area contributed by atoms with Gasteiger partial charge in [-0.05, 0) is 38.1 Å². The number of aromatic nitrogens is 3. The number of aryl methyl sites for hydroxylation is 1. The van der Waals surface area contributed by atoms with Gasteiger partial charge in [-0.3, -0.25) is 4.79 Å². The minimum absolute atomic E-state index is 0.229. The van der Waals surface area contributed by atoms with Gasteiger partial charge in [0.1, 0.15) is 12.7 Å². The summed E-state index contributed by atoms with van der Waals surface area (Å²) in [6.45, 7) is 3.52. The van der Waals surface area contributed by atoms with Crippen molar-refractivity contribution >= 4 is 11.8 Å². The third-order valence-corrected chi connectivity index (χ3v) is 3.78. The van der Waals surface area contributed by atoms with Crippen molar-refractivity contribution in [3.63, 3.8) is 0 Å². The van der Waals surface area contributed by atoms with E-state index in [0.29, 0.717) is 11.1 Å². The molecule has 0 unspecified atom stereocenters. The summed E-state index contributed by atoms with van der Waals surface area (Å²) in [6.07, 6.45) is 2.14. The maximum atomic E-state index is 12.3. The van der Waals surface area contributed by atoms with Gasteiger partial charge in [0.05, 0.1) is 11.3 Å². The lowest BCUT2D eigenvalue weighted by molar-refractivity contribution is 0.0319. The molecule has 0 saturated heterocycles. The van der Waals surface area contributed by atoms with Crippen molar-refractivity contribution < 1.29 is 14.3 Å². The molecule has 1 atom stereocenters. The summed E-state index contributed by atoms with van der Waals surface area (Å²) in [5.74, 6) is -0.773. The Morgan fingerprint density at radius 2 is 1.64 bits per heavy atom. The van der Waals surface area contributed by atoms with Crippen molar-refractivity contribution in [3.8, 4) is 5.69 Å². The molecule has 1 heterocycles. The normalized spacial score (nSPS) is 11.8. The first-order valence-electron chi connectivity index (χ1n) is 7.81. The van der Waals surface area contributed by atoms with Gasteiger partial charge in [0.2, 0.25) is 5.78 Å². The fraction of sp³-hybridized carbons (Fsp3) is 0.158. The number of hydrogen-bond acceptors (Lipinski definition) is 5. The smallest absolute Gasteiger partial charge is 0.338 e. The number of Topliss-reactive ketones (excluding diaryl/α,β-unsaturated/α-hetero) is 1. The molecule has 0 radical (unpaired) electrons. The first-order chi connectivity index (χ1) is 12.0. The molecule has 0 aliphatic carbocycles. The lowest BCUT2D eigenvalue weighted by Crippen LogP contribution is -2.24. The maximum Gasteiger partial charge on any atom is 0.338 e. The lowest BCUT2D eigenvalue weighted by Gasteiger charge is -2.13. The number of carbonyl (C=O) groups excluding carboxylic acids is 2. The van der Waals surface area contributed by atoms with E-state index in [1.165, 1.54) is 6.33 Å². The summed E-state index contributed by atoms with van der Waals surface area (Å²) in [4.78, 5) is 28.4. The Hall–Kier alpha value is -3.28. The molecule has 3 rings (SSSR count). The van der Waals surface area contributed by atoms with Crippen LogP contribution in [0.4, 0.5) is 0 Å². The van der Waals surface area contributed by atoms with Crippen LogP contribution in [-0.2, 0) is 4.74 Å². The van der Waals surface area contributed by atoms with E-state index in [2.05, 4.69) is 10.1 Å². The van der Waals surface area contributed by atoms with E-state index in [1.807, 2.05) is 19.1 Å². The van der Waals surface area contributed by atoms with Crippen LogP contribution in [0, 0.1) is 6.92 Å². The summed E-state index contributed by atoms with van der Waals surface area (Å²) in [7, 11) is 0. The topological polar surface area (TPSA) is 74.1 Å². The summed E-state index contributed by atoms with van der Waals surface area (Å²) in [5, 5.41) is 4.02. The van der Waals surface area contributed by atoms with E-state index >= 15 is 0 Å². The van der Waals surface area contributed by atoms with Gasteiger partial charge in [0.25, 0.3) is 0 Å². The molecule has 0 bridgehead atoms. The average molecular weight is 335 g/mol. The molecular weight excluding hydrogens is 318 g/mol. The Morgan fingerprint density at radius 1 is 1.00 bits per heavy atom. The molecule has 1 aromatic heterocycles. The Labute approximate surface area is 145 Å². The first-order valence-corrected chi connectivity index (χ1v) is 7.81. The zero-order chi connectivity index (χ0) is 17.8. The van der Waals surface area contributed by atoms with Gasteiger partial charge in [-0.15, -0.1) is 0 Å². The van der Waals surface area contributed by atoms with Gasteiger partial charge in [-0.1, -0.05) is 29.8 Å². The lowest BCUT2D eigenvalue weighted by atomic mass is 10.1. The Balaban J connectivity index is 1.67. The van der Waals surface area contributed by atoms with Crippen LogP contribution < -0.4 is 0 Å². The molecule has 6 nitrogen and oxygen atoms in total. The third kappa shape index (κ3) is 3.80. The van der Waals surface area contributed by atoms with Crippen LogP contribution in [0.15, 0.2) is 61.2 Å². The number of rotatable bonds is 5. The molecule has 2 aromatic carbocycles. The molecule has 0 aliphatic rings. The Morgan fingerprint density at radius 3 is 2.24 bits per heavy atom. The van der Waals surface area contributed by atoms with E-state index in [-0.39, 0.29) is 5.78 Å². The molecule has 3 aromatic rings. The fourth-order valence-electron chi connectivity index (χ4n) is 2.33. The van der Waals surface area contributed by atoms with Crippen molar-refractivity contribution in [1.29, 1.82) is 0 Å². The van der Waals surface area contributed by atoms with Gasteiger partial charge >= 0.3 is 5.97 Å². The second-order valence-corrected chi connectivity index (χ2v) is 5.66. The molecule has 0 spiro atoms. The second kappa shape index (κ2) is 7.09. The largest absolute Gasteiger partial charge is 0.451 e. The highest BCUT2D eigenvalue weighted by molar-refractivity contribution is 6.01. The van der Waals surface area contributed by atoms with Crippen molar-refractivity contribution in [2.45, 2.75) is 20.0 Å². The first kappa shape index (κ1) is 16.6. The zero-order valence-electron chi connectivity index (χ0n) is 13.9. The van der Waals surface area contributed by atoms with Gasteiger partial charge < -0.3 is 4.74 Å². The van der Waals surface area contributed by atoms with Crippen LogP contribution in [0.25, 0.3) is 5.69 Å². The standard InChI is InChI=1S/C19H17N3O3/c1-13-3-5-15(6-4-13)18(23)14(2)25-19(24)16-7-9-17(10-8-16)22-12-20-11-21-22/h3-12,14H,1-2H3/t14-/m1/s1. The molecule has 0 amide bonds. The SMILES string of the molecule is Cc1ccc(C(=O)[C@@H](C)OC(=O)c2ccc(-n3cncn3)cc2)cc1. The van der Waals surface area contributed by atoms with Crippen LogP contribution in [0.1, 0.15) is 33.2 Å². The van der Waals surface area contributed by atoms with E-state index in [9.17, 15) is 9.59 Å². The molecule has 0 fully saturated rings. The summed E-state index contributed by atoms with van der Waals surface area (Å²) >= 11 is 0. The summed E-state index contributed by atoms with van der Waals surface area (Å²) < 4.78 is 6.87. The summed E-state index contributed by atoms with van der Waals surface area (Å²) in [6, 6.07) is 13.9. The number of benzene rings is 2. The predicted octanol–water partition coefficient (Wildman–Crippen LogP) is 3.00. The number of hydrogen-bond donors (Lipinski definition) is 0. The Kier molecular flexibility index (Phi) is 4.70. The fourth-order valence-corrected chi connectivity index (χ4v) is 2.33. The van der Waals surface area contributed by atoms with Crippen LogP contribution >= 0.6 is 0 Å². The molecular formula is C19H17N3O3. The van der Waals surface area contributed by atoms with Crippen molar-refractivity contribution in [1.82, 2.24) is 14.8 Å². The summed E-state index contributed by atoms with van der Waals surface area (Å²) in [5.41, 5.74) is 2.73. The number of ether oxygens (including phenoxy) is 1. The number of carbonyl (C=O) groups is 2. The van der Waals surface area contributed by atoms with Gasteiger partial charge in [-0.25, -0.2) is 14.5 Å². The molecule has 126 valence electrons. The monoisotopic (exact) mass is 335 g/mol. The van der Waals surface area contributed by atoms with Gasteiger partial charge in [-0.2, -0.15) is 5.10 Å². The number of nitrogens with zero attached hydrogens (tertiary/aromatic N) is 3. The Bertz CT molecular complexity index is 869. The van der Waals surface area contributed by atoms with Crippen molar-refractivity contribution in [3.05, 3.63) is 77.9 Å². The van der Waals surface area contributed by atoms with Crippen LogP contribution in [0.3, 0.4) is 0 Å². The molecule has 0 aliphatic heterocycles. The minimum atomic E-state index is -0.856. The van der Waals surface area contributed by atoms with Crippen molar-refractivity contribution in [2.75, 3.05) is 0 Å². The molecule has 0 saturated carbocycles. The highest BCUT2D eigenvalue weighted by Crippen LogP contribution is 2.13.